The number of nitrogens with one attached hydrogen (secondary N) is 2. The third kappa shape index (κ3) is 3.33. The zero-order valence-electron chi connectivity index (χ0n) is 10.8. The maximum absolute atomic E-state index is 12.2. The molecule has 2 N–H and O–H groups in total. The molecule has 1 heterocycles. The highest BCUT2D eigenvalue weighted by molar-refractivity contribution is 9.10. The van der Waals surface area contributed by atoms with E-state index in [-0.39, 0.29) is 11.9 Å². The van der Waals surface area contributed by atoms with Crippen molar-refractivity contribution in [3.05, 3.63) is 28.2 Å². The summed E-state index contributed by atoms with van der Waals surface area (Å²) in [6.07, 6.45) is 2.27. The summed E-state index contributed by atoms with van der Waals surface area (Å²) in [5.74, 6) is 0.465. The number of halogens is 1. The molecule has 1 aliphatic rings. The van der Waals surface area contributed by atoms with Crippen molar-refractivity contribution in [3.8, 4) is 0 Å². The van der Waals surface area contributed by atoms with Gasteiger partial charge in [-0.1, -0.05) is 22.9 Å². The molecule has 1 aliphatic heterocycles. The Morgan fingerprint density at radius 1 is 1.44 bits per heavy atom. The Hall–Kier alpha value is -0.870. The molecule has 2 atom stereocenters. The van der Waals surface area contributed by atoms with Crippen molar-refractivity contribution in [1.82, 2.24) is 5.32 Å². The van der Waals surface area contributed by atoms with E-state index in [0.29, 0.717) is 5.92 Å². The van der Waals surface area contributed by atoms with Crippen molar-refractivity contribution in [2.75, 3.05) is 11.9 Å². The van der Waals surface area contributed by atoms with Gasteiger partial charge in [-0.3, -0.25) is 4.79 Å². The monoisotopic (exact) mass is 310 g/mol. The largest absolute Gasteiger partial charge is 0.325 e. The van der Waals surface area contributed by atoms with Crippen molar-refractivity contribution in [3.63, 3.8) is 0 Å². The number of amides is 1. The van der Waals surface area contributed by atoms with Crippen molar-refractivity contribution < 1.29 is 4.79 Å². The van der Waals surface area contributed by atoms with E-state index < -0.39 is 0 Å². The van der Waals surface area contributed by atoms with E-state index in [9.17, 15) is 4.79 Å². The van der Waals surface area contributed by atoms with Crippen molar-refractivity contribution >= 4 is 27.5 Å². The van der Waals surface area contributed by atoms with Crippen LogP contribution in [0.3, 0.4) is 0 Å². The minimum absolute atomic E-state index is 0.0692. The summed E-state index contributed by atoms with van der Waals surface area (Å²) < 4.78 is 0.988. The number of aryl methyl sites for hydroxylation is 1. The standard InChI is InChI=1S/C14H19BrN2O/c1-9-6-11(15)8-12(7-9)17-14(18)13-10(2)4-3-5-16-13/h6-8,10,13,16H,3-5H2,1-2H3,(H,17,18). The lowest BCUT2D eigenvalue weighted by molar-refractivity contribution is -0.119. The Morgan fingerprint density at radius 3 is 2.89 bits per heavy atom. The molecule has 4 heteroatoms. The van der Waals surface area contributed by atoms with E-state index >= 15 is 0 Å². The molecule has 0 aliphatic carbocycles. The van der Waals surface area contributed by atoms with Crippen LogP contribution in [0.5, 0.6) is 0 Å². The quantitative estimate of drug-likeness (QED) is 0.881. The SMILES string of the molecule is Cc1cc(Br)cc(NC(=O)C2NCCCC2C)c1. The minimum Gasteiger partial charge on any atom is -0.325 e. The molecule has 1 amide bonds. The Morgan fingerprint density at radius 2 is 2.22 bits per heavy atom. The van der Waals surface area contributed by atoms with Gasteiger partial charge in [-0.25, -0.2) is 0 Å². The first kappa shape index (κ1) is 13.6. The second-order valence-electron chi connectivity index (χ2n) is 5.06. The first-order chi connectivity index (χ1) is 8.56. The van der Waals surface area contributed by atoms with Gasteiger partial charge in [0.15, 0.2) is 0 Å². The number of carbonyl (C=O) groups is 1. The van der Waals surface area contributed by atoms with E-state index in [1.807, 2.05) is 25.1 Å². The van der Waals surface area contributed by atoms with Crippen LogP contribution in [0.4, 0.5) is 5.69 Å². The molecular weight excluding hydrogens is 292 g/mol. The number of carbonyl (C=O) groups excluding carboxylic acids is 1. The summed E-state index contributed by atoms with van der Waals surface area (Å²) >= 11 is 3.44. The van der Waals surface area contributed by atoms with Crippen LogP contribution in [0, 0.1) is 12.8 Å². The number of hydrogen-bond acceptors (Lipinski definition) is 2. The van der Waals surface area contributed by atoms with Crippen molar-refractivity contribution in [2.45, 2.75) is 32.7 Å². The summed E-state index contributed by atoms with van der Waals surface area (Å²) in [7, 11) is 0. The number of piperidine rings is 1. The lowest BCUT2D eigenvalue weighted by Gasteiger charge is -2.29. The molecule has 0 bridgehead atoms. The first-order valence-electron chi connectivity index (χ1n) is 6.37. The molecule has 1 saturated heterocycles. The van der Waals surface area contributed by atoms with Crippen LogP contribution in [0.15, 0.2) is 22.7 Å². The number of anilines is 1. The van der Waals surface area contributed by atoms with Gasteiger partial charge in [0.25, 0.3) is 0 Å². The van der Waals surface area contributed by atoms with Gasteiger partial charge in [0.05, 0.1) is 6.04 Å². The van der Waals surface area contributed by atoms with Crippen molar-refractivity contribution in [2.24, 2.45) is 5.92 Å². The average Bonchev–Trinajstić information content (AvgIpc) is 2.27. The van der Waals surface area contributed by atoms with Gasteiger partial charge in [0, 0.05) is 10.2 Å². The fraction of sp³-hybridized carbons (Fsp3) is 0.500. The van der Waals surface area contributed by atoms with Crippen LogP contribution in [-0.2, 0) is 4.79 Å². The Labute approximate surface area is 116 Å². The predicted octanol–water partition coefficient (Wildman–Crippen LogP) is 3.08. The second-order valence-corrected chi connectivity index (χ2v) is 5.97. The van der Waals surface area contributed by atoms with Crippen LogP contribution in [-0.4, -0.2) is 18.5 Å². The van der Waals surface area contributed by atoms with Crippen LogP contribution >= 0.6 is 15.9 Å². The zero-order chi connectivity index (χ0) is 13.1. The lowest BCUT2D eigenvalue weighted by Crippen LogP contribution is -2.48. The van der Waals surface area contributed by atoms with Gasteiger partial charge in [0.2, 0.25) is 5.91 Å². The fourth-order valence-electron chi connectivity index (χ4n) is 2.43. The predicted molar refractivity (Wildman–Crippen MR) is 77.7 cm³/mol. The van der Waals surface area contributed by atoms with E-state index in [0.717, 1.165) is 35.1 Å². The molecule has 98 valence electrons. The van der Waals surface area contributed by atoms with E-state index in [2.05, 4.69) is 33.5 Å². The maximum Gasteiger partial charge on any atom is 0.241 e. The van der Waals surface area contributed by atoms with Gasteiger partial charge in [-0.05, 0) is 56.0 Å². The number of benzene rings is 1. The second kappa shape index (κ2) is 5.85. The van der Waals surface area contributed by atoms with E-state index in [1.54, 1.807) is 0 Å². The van der Waals surface area contributed by atoms with Gasteiger partial charge in [0.1, 0.15) is 0 Å². The maximum atomic E-state index is 12.2. The Bertz CT molecular complexity index is 427. The van der Waals surface area contributed by atoms with Crippen LogP contribution < -0.4 is 10.6 Å². The molecule has 2 rings (SSSR count). The molecule has 3 nitrogen and oxygen atoms in total. The molecule has 1 aromatic carbocycles. The van der Waals surface area contributed by atoms with Crippen molar-refractivity contribution in [1.29, 1.82) is 0 Å². The zero-order valence-corrected chi connectivity index (χ0v) is 12.4. The third-order valence-electron chi connectivity index (χ3n) is 3.36. The van der Waals surface area contributed by atoms with Crippen LogP contribution in [0.2, 0.25) is 0 Å². The summed E-state index contributed by atoms with van der Waals surface area (Å²) in [5, 5.41) is 6.29. The summed E-state index contributed by atoms with van der Waals surface area (Å²) in [6.45, 7) is 5.07. The van der Waals surface area contributed by atoms with Gasteiger partial charge < -0.3 is 10.6 Å². The highest BCUT2D eigenvalue weighted by atomic mass is 79.9. The smallest absolute Gasteiger partial charge is 0.241 e. The first-order valence-corrected chi connectivity index (χ1v) is 7.17. The molecule has 0 spiro atoms. The molecular formula is C14H19BrN2O. The average molecular weight is 311 g/mol. The van der Waals surface area contributed by atoms with E-state index in [4.69, 9.17) is 0 Å². The van der Waals surface area contributed by atoms with Crippen LogP contribution in [0.25, 0.3) is 0 Å². The molecule has 0 saturated carbocycles. The highest BCUT2D eigenvalue weighted by Gasteiger charge is 2.27. The summed E-state index contributed by atoms with van der Waals surface area (Å²) in [6, 6.07) is 5.86. The normalized spacial score (nSPS) is 23.7. The molecule has 1 fully saturated rings. The molecule has 18 heavy (non-hydrogen) atoms. The molecule has 0 radical (unpaired) electrons. The van der Waals surface area contributed by atoms with Gasteiger partial charge in [-0.15, -0.1) is 0 Å². The fourth-order valence-corrected chi connectivity index (χ4v) is 3.04. The Balaban J connectivity index is 2.06. The lowest BCUT2D eigenvalue weighted by atomic mass is 9.92. The third-order valence-corrected chi connectivity index (χ3v) is 3.82. The topological polar surface area (TPSA) is 41.1 Å². The van der Waals surface area contributed by atoms with Gasteiger partial charge in [-0.2, -0.15) is 0 Å². The van der Waals surface area contributed by atoms with Crippen LogP contribution in [0.1, 0.15) is 25.3 Å². The molecule has 1 aromatic rings. The molecule has 2 unspecified atom stereocenters. The number of hydrogen-bond donors (Lipinski definition) is 2. The van der Waals surface area contributed by atoms with E-state index in [1.165, 1.54) is 0 Å². The van der Waals surface area contributed by atoms with Gasteiger partial charge >= 0.3 is 0 Å². The summed E-state index contributed by atoms with van der Waals surface area (Å²) in [4.78, 5) is 12.2. The number of rotatable bonds is 2. The highest BCUT2D eigenvalue weighted by Crippen LogP contribution is 2.21. The molecule has 0 aromatic heterocycles. The minimum atomic E-state index is -0.0713. The summed E-state index contributed by atoms with van der Waals surface area (Å²) in [5.41, 5.74) is 1.98. The Kier molecular flexibility index (Phi) is 4.40.